The lowest BCUT2D eigenvalue weighted by Crippen LogP contribution is -2.30. The van der Waals surface area contributed by atoms with Gasteiger partial charge in [0.1, 0.15) is 6.04 Å². The first-order chi connectivity index (χ1) is 15.4. The molecule has 4 rings (SSSR count). The van der Waals surface area contributed by atoms with Crippen LogP contribution in [0.1, 0.15) is 49.8 Å². The number of hydrogen-bond donors (Lipinski definition) is 2. The van der Waals surface area contributed by atoms with Gasteiger partial charge in [0, 0.05) is 41.9 Å². The van der Waals surface area contributed by atoms with Crippen LogP contribution in [0.5, 0.6) is 0 Å². The van der Waals surface area contributed by atoms with Crippen LogP contribution in [-0.2, 0) is 11.3 Å². The van der Waals surface area contributed by atoms with Gasteiger partial charge in [0.15, 0.2) is 5.11 Å². The van der Waals surface area contributed by atoms with Gasteiger partial charge < -0.3 is 20.1 Å². The molecule has 1 amide bonds. The molecule has 7 heteroatoms. The van der Waals surface area contributed by atoms with Crippen molar-refractivity contribution < 1.29 is 4.79 Å². The summed E-state index contributed by atoms with van der Waals surface area (Å²) in [5.74, 6) is -0.0668. The fraction of sp³-hybridized carbons (Fsp3) is 0.320. The number of hydrogen-bond acceptors (Lipinski definition) is 3. The fourth-order valence-electron chi connectivity index (χ4n) is 4.13. The minimum atomic E-state index is -0.0791. The molecule has 1 saturated heterocycles. The first kappa shape index (κ1) is 22.0. The summed E-state index contributed by atoms with van der Waals surface area (Å²) in [6.07, 6.45) is 3.91. The van der Waals surface area contributed by atoms with E-state index >= 15 is 0 Å². The molecule has 2 unspecified atom stereocenters. The number of amides is 1. The largest absolute Gasteiger partial charge is 0.351 e. The smallest absolute Gasteiger partial charge is 0.226 e. The molecule has 1 aliphatic heterocycles. The molecule has 3 aromatic rings. The highest BCUT2D eigenvalue weighted by atomic mass is 32.1. The predicted octanol–water partition coefficient (Wildman–Crippen LogP) is 4.98. The van der Waals surface area contributed by atoms with Crippen LogP contribution in [0.15, 0.2) is 60.9 Å². The topological polar surface area (TPSA) is 62.2 Å². The number of nitrogens with zero attached hydrogens (tertiary/aromatic N) is 3. The van der Waals surface area contributed by atoms with E-state index in [-0.39, 0.29) is 23.9 Å². The van der Waals surface area contributed by atoms with Gasteiger partial charge in [-0.1, -0.05) is 19.9 Å². The number of carbonyl (C=O) groups is 1. The lowest BCUT2D eigenvalue weighted by Gasteiger charge is -2.29. The van der Waals surface area contributed by atoms with Crippen molar-refractivity contribution in [3.8, 4) is 0 Å². The van der Waals surface area contributed by atoms with Gasteiger partial charge in [-0.25, -0.2) is 0 Å². The van der Waals surface area contributed by atoms with Crippen LogP contribution in [-0.4, -0.2) is 20.6 Å². The van der Waals surface area contributed by atoms with E-state index in [0.29, 0.717) is 5.11 Å². The van der Waals surface area contributed by atoms with Crippen LogP contribution < -0.4 is 15.5 Å². The van der Waals surface area contributed by atoms with Gasteiger partial charge >= 0.3 is 0 Å². The van der Waals surface area contributed by atoms with E-state index < -0.39 is 0 Å². The number of aryl methyl sites for hydroxylation is 2. The monoisotopic (exact) mass is 447 g/mol. The zero-order chi connectivity index (χ0) is 22.8. The third-order valence-electron chi connectivity index (χ3n) is 5.88. The minimum absolute atomic E-state index is 0.00748. The molecule has 1 aliphatic rings. The second kappa shape index (κ2) is 9.12. The number of carbonyl (C=O) groups excluding carboxylic acids is 1. The summed E-state index contributed by atoms with van der Waals surface area (Å²) in [4.78, 5) is 19.0. The lowest BCUT2D eigenvalue weighted by molar-refractivity contribution is -0.118. The first-order valence-electron chi connectivity index (χ1n) is 11.0. The summed E-state index contributed by atoms with van der Waals surface area (Å²) in [5, 5.41) is 7.17. The second-order valence-corrected chi connectivity index (χ2v) is 8.75. The van der Waals surface area contributed by atoms with Crippen LogP contribution in [0.25, 0.3) is 0 Å². The van der Waals surface area contributed by atoms with Gasteiger partial charge in [0.05, 0.1) is 11.7 Å². The summed E-state index contributed by atoms with van der Waals surface area (Å²) < 4.78 is 2.24. The number of nitrogens with one attached hydrogen (secondary N) is 2. The Hall–Kier alpha value is -3.19. The van der Waals surface area contributed by atoms with Crippen LogP contribution in [0.4, 0.5) is 11.4 Å². The van der Waals surface area contributed by atoms with Crippen molar-refractivity contribution in [2.24, 2.45) is 5.92 Å². The van der Waals surface area contributed by atoms with Gasteiger partial charge in [-0.05, 0) is 74.1 Å². The molecule has 2 aromatic heterocycles. The highest BCUT2D eigenvalue weighted by Gasteiger charge is 2.42. The summed E-state index contributed by atoms with van der Waals surface area (Å²) in [6, 6.07) is 16.1. The summed E-state index contributed by atoms with van der Waals surface area (Å²) in [7, 11) is 0. The number of thiocarbonyl (C=S) groups is 1. The molecule has 0 aliphatic carbocycles. The third-order valence-corrected chi connectivity index (χ3v) is 6.19. The molecule has 166 valence electrons. The summed E-state index contributed by atoms with van der Waals surface area (Å²) >= 11 is 5.82. The Morgan fingerprint density at radius 2 is 2.03 bits per heavy atom. The fourth-order valence-corrected chi connectivity index (χ4v) is 4.48. The van der Waals surface area contributed by atoms with Crippen molar-refractivity contribution in [3.63, 3.8) is 0 Å². The average molecular weight is 448 g/mol. The van der Waals surface area contributed by atoms with Crippen molar-refractivity contribution in [2.75, 3.05) is 10.2 Å². The van der Waals surface area contributed by atoms with Crippen LogP contribution in [0, 0.1) is 12.8 Å². The molecule has 1 aromatic carbocycles. The molecule has 6 nitrogen and oxygen atoms in total. The Bertz CT molecular complexity index is 1120. The van der Waals surface area contributed by atoms with Crippen molar-refractivity contribution in [2.45, 2.75) is 46.3 Å². The first-order valence-corrected chi connectivity index (χ1v) is 11.4. The third kappa shape index (κ3) is 4.12. The van der Waals surface area contributed by atoms with E-state index in [1.807, 2.05) is 57.3 Å². The maximum atomic E-state index is 12.2. The zero-order valence-corrected chi connectivity index (χ0v) is 19.7. The highest BCUT2D eigenvalue weighted by molar-refractivity contribution is 7.80. The van der Waals surface area contributed by atoms with E-state index in [9.17, 15) is 4.79 Å². The normalized spacial score (nSPS) is 18.2. The standard InChI is InChI=1S/C25H29N5OS/c1-5-29-14-8-10-21(29)23-22(20-9-6-7-13-26-20)28-25(32)30(23)18-11-12-19(17(4)15-18)27-24(31)16(2)3/h6-16,22-23H,5H2,1-4H3,(H,27,31)(H,28,32). The van der Waals surface area contributed by atoms with Gasteiger partial charge in [-0.2, -0.15) is 0 Å². The number of aromatic nitrogens is 2. The Balaban J connectivity index is 1.75. The molecule has 2 atom stereocenters. The molecule has 0 saturated carbocycles. The molecule has 2 N–H and O–H groups in total. The Labute approximate surface area is 194 Å². The van der Waals surface area contributed by atoms with E-state index in [2.05, 4.69) is 56.4 Å². The molecule has 0 radical (unpaired) electrons. The maximum Gasteiger partial charge on any atom is 0.226 e. The zero-order valence-electron chi connectivity index (χ0n) is 18.9. The average Bonchev–Trinajstić information content (AvgIpc) is 3.39. The van der Waals surface area contributed by atoms with Crippen molar-refractivity contribution >= 4 is 34.6 Å². The van der Waals surface area contributed by atoms with Gasteiger partial charge in [-0.15, -0.1) is 0 Å². The van der Waals surface area contributed by atoms with E-state index in [4.69, 9.17) is 12.2 Å². The van der Waals surface area contributed by atoms with Crippen LogP contribution >= 0.6 is 12.2 Å². The quantitative estimate of drug-likeness (QED) is 0.522. The van der Waals surface area contributed by atoms with Crippen LogP contribution in [0.3, 0.4) is 0 Å². The highest BCUT2D eigenvalue weighted by Crippen LogP contribution is 2.42. The second-order valence-electron chi connectivity index (χ2n) is 8.36. The van der Waals surface area contributed by atoms with Crippen molar-refractivity contribution in [1.82, 2.24) is 14.9 Å². The van der Waals surface area contributed by atoms with Crippen molar-refractivity contribution in [1.29, 1.82) is 0 Å². The van der Waals surface area contributed by atoms with E-state index in [1.54, 1.807) is 0 Å². The Kier molecular flexibility index (Phi) is 6.28. The number of benzene rings is 1. The molecular formula is C25H29N5OS. The lowest BCUT2D eigenvalue weighted by atomic mass is 10.0. The predicted molar refractivity (Wildman–Crippen MR) is 133 cm³/mol. The Morgan fingerprint density at radius 3 is 2.69 bits per heavy atom. The van der Waals surface area contributed by atoms with Gasteiger partial charge in [-0.3, -0.25) is 9.78 Å². The van der Waals surface area contributed by atoms with E-state index in [0.717, 1.165) is 29.2 Å². The molecule has 0 spiro atoms. The SMILES string of the molecule is CCn1cccc1C1C(c2ccccn2)NC(=S)N1c1ccc(NC(=O)C(C)C)c(C)c1. The van der Waals surface area contributed by atoms with Gasteiger partial charge in [0.2, 0.25) is 5.91 Å². The number of pyridine rings is 1. The minimum Gasteiger partial charge on any atom is -0.351 e. The molecular weight excluding hydrogens is 418 g/mol. The summed E-state index contributed by atoms with van der Waals surface area (Å²) in [5.41, 5.74) is 4.91. The summed E-state index contributed by atoms with van der Waals surface area (Å²) in [6.45, 7) is 8.79. The molecule has 32 heavy (non-hydrogen) atoms. The van der Waals surface area contributed by atoms with Gasteiger partial charge in [0.25, 0.3) is 0 Å². The molecule has 1 fully saturated rings. The van der Waals surface area contributed by atoms with Crippen LogP contribution in [0.2, 0.25) is 0 Å². The molecule has 3 heterocycles. The number of rotatable bonds is 6. The number of anilines is 2. The molecule has 0 bridgehead atoms. The van der Waals surface area contributed by atoms with Crippen molar-refractivity contribution in [3.05, 3.63) is 77.9 Å². The van der Waals surface area contributed by atoms with E-state index in [1.165, 1.54) is 5.69 Å². The maximum absolute atomic E-state index is 12.2. The Morgan fingerprint density at radius 1 is 1.22 bits per heavy atom.